The van der Waals surface area contributed by atoms with Crippen LogP contribution >= 0.6 is 11.3 Å². The van der Waals surface area contributed by atoms with E-state index in [1.54, 1.807) is 18.4 Å². The van der Waals surface area contributed by atoms with E-state index >= 15 is 0 Å². The molecular formula is C23H25N3O3S. The number of carbonyl (C=O) groups excluding carboxylic acids is 1. The summed E-state index contributed by atoms with van der Waals surface area (Å²) in [5.74, 6) is 0.795. The third kappa shape index (κ3) is 3.75. The number of hydrogen-bond acceptors (Lipinski definition) is 6. The van der Waals surface area contributed by atoms with Crippen LogP contribution in [0.1, 0.15) is 41.2 Å². The van der Waals surface area contributed by atoms with Crippen LogP contribution in [-0.4, -0.2) is 43.8 Å². The Bertz CT molecular complexity index is 1060. The normalized spacial score (nSPS) is 19.4. The summed E-state index contributed by atoms with van der Waals surface area (Å²) < 4.78 is 12.2. The monoisotopic (exact) mass is 423 g/mol. The molecule has 0 saturated carbocycles. The summed E-state index contributed by atoms with van der Waals surface area (Å²) in [5, 5.41) is 4.20. The second kappa shape index (κ2) is 8.24. The molecule has 3 heterocycles. The van der Waals surface area contributed by atoms with Crippen LogP contribution in [0.4, 0.5) is 5.13 Å². The van der Waals surface area contributed by atoms with Crippen molar-refractivity contribution in [2.24, 2.45) is 0 Å². The van der Waals surface area contributed by atoms with Crippen molar-refractivity contribution in [2.45, 2.75) is 31.4 Å². The lowest BCUT2D eigenvalue weighted by Crippen LogP contribution is -2.36. The van der Waals surface area contributed by atoms with Crippen LogP contribution in [0, 0.1) is 0 Å². The number of anilines is 1. The zero-order valence-electron chi connectivity index (χ0n) is 17.0. The summed E-state index contributed by atoms with van der Waals surface area (Å²) in [4.78, 5) is 20.1. The van der Waals surface area contributed by atoms with Crippen LogP contribution < -0.4 is 15.0 Å². The highest BCUT2D eigenvalue weighted by atomic mass is 32.1. The Hall–Kier alpha value is -2.64. The SMILES string of the molecule is COC1CCN(c2nc3ccc(C(=O)NC4CCOc5ccccc54)cc3s2)CC1. The second-order valence-electron chi connectivity index (χ2n) is 7.80. The van der Waals surface area contributed by atoms with Gasteiger partial charge in [-0.25, -0.2) is 4.98 Å². The quantitative estimate of drug-likeness (QED) is 0.683. The van der Waals surface area contributed by atoms with Crippen molar-refractivity contribution < 1.29 is 14.3 Å². The number of benzene rings is 2. The van der Waals surface area contributed by atoms with Gasteiger partial charge in [0.15, 0.2) is 5.13 Å². The van der Waals surface area contributed by atoms with Gasteiger partial charge in [-0.2, -0.15) is 0 Å². The number of aromatic nitrogens is 1. The van der Waals surface area contributed by atoms with E-state index in [4.69, 9.17) is 14.5 Å². The van der Waals surface area contributed by atoms with Gasteiger partial charge in [-0.3, -0.25) is 4.79 Å². The predicted octanol–water partition coefficient (Wildman–Crippen LogP) is 4.17. The summed E-state index contributed by atoms with van der Waals surface area (Å²) in [6, 6.07) is 13.6. The number of ether oxygens (including phenoxy) is 2. The van der Waals surface area contributed by atoms with E-state index in [0.717, 1.165) is 59.0 Å². The first kappa shape index (κ1) is 19.3. The Balaban J connectivity index is 1.32. The molecule has 6 nitrogen and oxygen atoms in total. The van der Waals surface area contributed by atoms with E-state index in [-0.39, 0.29) is 11.9 Å². The maximum Gasteiger partial charge on any atom is 0.251 e. The van der Waals surface area contributed by atoms with Crippen LogP contribution in [0.15, 0.2) is 42.5 Å². The van der Waals surface area contributed by atoms with Crippen LogP contribution in [-0.2, 0) is 4.74 Å². The number of methoxy groups -OCH3 is 1. The Kier molecular flexibility index (Phi) is 5.31. The number of piperidine rings is 1. The number of nitrogens with zero attached hydrogens (tertiary/aromatic N) is 2. The van der Waals surface area contributed by atoms with E-state index in [9.17, 15) is 4.79 Å². The third-order valence-electron chi connectivity index (χ3n) is 5.95. The number of amides is 1. The molecule has 7 heteroatoms. The second-order valence-corrected chi connectivity index (χ2v) is 8.81. The fourth-order valence-electron chi connectivity index (χ4n) is 4.21. The van der Waals surface area contributed by atoms with E-state index in [2.05, 4.69) is 10.2 Å². The van der Waals surface area contributed by atoms with E-state index in [1.807, 2.05) is 42.5 Å². The average Bonchev–Trinajstić information content (AvgIpc) is 3.23. The molecule has 1 aromatic heterocycles. The Morgan fingerprint density at radius 1 is 1.20 bits per heavy atom. The van der Waals surface area contributed by atoms with Crippen LogP contribution in [0.5, 0.6) is 5.75 Å². The number of para-hydroxylation sites is 1. The molecule has 30 heavy (non-hydrogen) atoms. The lowest BCUT2D eigenvalue weighted by molar-refractivity contribution is 0.0819. The zero-order valence-corrected chi connectivity index (χ0v) is 17.8. The lowest BCUT2D eigenvalue weighted by atomic mass is 10.00. The molecule has 156 valence electrons. The standard InChI is InChI=1S/C23H25N3O3S/c1-28-16-8-11-26(12-9-16)23-25-19-7-6-15(14-21(19)30-23)22(27)24-18-10-13-29-20-5-3-2-4-17(18)20/h2-7,14,16,18H,8-13H2,1H3,(H,24,27). The maximum absolute atomic E-state index is 13.0. The van der Waals surface area contributed by atoms with Crippen molar-refractivity contribution in [3.8, 4) is 5.75 Å². The first-order chi connectivity index (χ1) is 14.7. The first-order valence-electron chi connectivity index (χ1n) is 10.4. The summed E-state index contributed by atoms with van der Waals surface area (Å²) in [5.41, 5.74) is 2.65. The van der Waals surface area contributed by atoms with Gasteiger partial charge in [0.1, 0.15) is 5.75 Å². The minimum Gasteiger partial charge on any atom is -0.493 e. The van der Waals surface area contributed by atoms with Crippen LogP contribution in [0.2, 0.25) is 0 Å². The molecule has 1 saturated heterocycles. The Labute approximate surface area is 179 Å². The molecule has 2 aliphatic heterocycles. The average molecular weight is 424 g/mol. The number of nitrogens with one attached hydrogen (secondary N) is 1. The van der Waals surface area contributed by atoms with Gasteiger partial charge in [0.2, 0.25) is 0 Å². The summed E-state index contributed by atoms with van der Waals surface area (Å²) in [7, 11) is 1.78. The van der Waals surface area contributed by atoms with Crippen molar-refractivity contribution in [3.63, 3.8) is 0 Å². The molecule has 2 aromatic carbocycles. The molecule has 0 bridgehead atoms. The van der Waals surface area contributed by atoms with Gasteiger partial charge in [0.05, 0.1) is 29.0 Å². The molecule has 5 rings (SSSR count). The van der Waals surface area contributed by atoms with Gasteiger partial charge >= 0.3 is 0 Å². The molecule has 1 fully saturated rings. The van der Waals surface area contributed by atoms with E-state index in [0.29, 0.717) is 18.3 Å². The van der Waals surface area contributed by atoms with Crippen molar-refractivity contribution in [3.05, 3.63) is 53.6 Å². The van der Waals surface area contributed by atoms with Gasteiger partial charge < -0.3 is 19.7 Å². The maximum atomic E-state index is 13.0. The topological polar surface area (TPSA) is 63.7 Å². The van der Waals surface area contributed by atoms with Crippen LogP contribution in [0.3, 0.4) is 0 Å². The van der Waals surface area contributed by atoms with Crippen molar-refractivity contribution in [1.29, 1.82) is 0 Å². The molecule has 1 amide bonds. The van der Waals surface area contributed by atoms with Crippen molar-refractivity contribution in [2.75, 3.05) is 31.7 Å². The molecule has 3 aromatic rings. The molecule has 0 aliphatic carbocycles. The molecular weight excluding hydrogens is 398 g/mol. The summed E-state index contributed by atoms with van der Waals surface area (Å²) in [6.07, 6.45) is 3.16. The van der Waals surface area contributed by atoms with Crippen molar-refractivity contribution >= 4 is 32.6 Å². The fraction of sp³-hybridized carbons (Fsp3) is 0.391. The highest BCUT2D eigenvalue weighted by molar-refractivity contribution is 7.22. The van der Waals surface area contributed by atoms with Gasteiger partial charge in [0.25, 0.3) is 5.91 Å². The summed E-state index contributed by atoms with van der Waals surface area (Å²) in [6.45, 7) is 2.52. The Morgan fingerprint density at radius 2 is 2.03 bits per heavy atom. The molecule has 1 atom stereocenters. The number of rotatable bonds is 4. The van der Waals surface area contributed by atoms with Gasteiger partial charge in [-0.05, 0) is 37.1 Å². The van der Waals surface area contributed by atoms with Gasteiger partial charge in [-0.1, -0.05) is 29.5 Å². The smallest absolute Gasteiger partial charge is 0.251 e. The summed E-state index contributed by atoms with van der Waals surface area (Å²) >= 11 is 1.65. The lowest BCUT2D eigenvalue weighted by Gasteiger charge is -2.30. The fourth-order valence-corrected chi connectivity index (χ4v) is 5.26. The molecule has 2 aliphatic rings. The van der Waals surface area contributed by atoms with E-state index in [1.165, 1.54) is 0 Å². The third-order valence-corrected chi connectivity index (χ3v) is 7.03. The number of thiazole rings is 1. The molecule has 0 radical (unpaired) electrons. The number of carbonyl (C=O) groups is 1. The minimum atomic E-state index is -0.0607. The zero-order chi connectivity index (χ0) is 20.5. The van der Waals surface area contributed by atoms with Crippen LogP contribution in [0.25, 0.3) is 10.2 Å². The molecule has 1 N–H and O–H groups in total. The predicted molar refractivity (Wildman–Crippen MR) is 119 cm³/mol. The highest BCUT2D eigenvalue weighted by Crippen LogP contribution is 2.33. The van der Waals surface area contributed by atoms with Gasteiger partial charge in [-0.15, -0.1) is 0 Å². The van der Waals surface area contributed by atoms with E-state index < -0.39 is 0 Å². The molecule has 1 unspecified atom stereocenters. The number of hydrogen-bond donors (Lipinski definition) is 1. The molecule has 0 spiro atoms. The first-order valence-corrected chi connectivity index (χ1v) is 11.2. The largest absolute Gasteiger partial charge is 0.493 e. The highest BCUT2D eigenvalue weighted by Gasteiger charge is 2.24. The number of fused-ring (bicyclic) bond motifs is 2. The van der Waals surface area contributed by atoms with Gasteiger partial charge in [0, 0.05) is 37.7 Å². The minimum absolute atomic E-state index is 0.0303. The van der Waals surface area contributed by atoms with Crippen molar-refractivity contribution in [1.82, 2.24) is 10.3 Å². The Morgan fingerprint density at radius 3 is 2.87 bits per heavy atom.